The van der Waals surface area contributed by atoms with Crippen LogP contribution in [-0.2, 0) is 9.47 Å². The molecule has 2 unspecified atom stereocenters. The first-order valence-electron chi connectivity index (χ1n) is 6.95. The Hall–Kier alpha value is -0.810. The molecule has 19 heavy (non-hydrogen) atoms. The summed E-state index contributed by atoms with van der Waals surface area (Å²) in [4.78, 5) is 11.7. The molecule has 112 valence electrons. The molecule has 2 N–H and O–H groups in total. The van der Waals surface area contributed by atoms with E-state index in [-0.39, 0.29) is 17.7 Å². The average molecular weight is 272 g/mol. The minimum atomic E-state index is -0.471. The zero-order valence-corrected chi connectivity index (χ0v) is 13.0. The molecule has 1 aliphatic heterocycles. The van der Waals surface area contributed by atoms with Crippen molar-refractivity contribution in [3.05, 3.63) is 0 Å². The van der Waals surface area contributed by atoms with E-state index in [1.54, 1.807) is 0 Å². The number of ether oxygens (including phenoxy) is 2. The standard InChI is InChI=1S/C14H28N2O3/c1-10-11(7-8-18-10)15-9-14(5,6)16-12(17)19-13(2,3)4/h10-11,15H,7-9H2,1-6H3,(H,16,17). The Morgan fingerprint density at radius 2 is 1.95 bits per heavy atom. The summed E-state index contributed by atoms with van der Waals surface area (Å²) in [7, 11) is 0. The van der Waals surface area contributed by atoms with E-state index in [2.05, 4.69) is 17.6 Å². The topological polar surface area (TPSA) is 59.6 Å². The van der Waals surface area contributed by atoms with E-state index < -0.39 is 5.60 Å². The minimum Gasteiger partial charge on any atom is -0.444 e. The summed E-state index contributed by atoms with van der Waals surface area (Å²) in [5.74, 6) is 0. The van der Waals surface area contributed by atoms with Crippen molar-refractivity contribution in [1.82, 2.24) is 10.6 Å². The summed E-state index contributed by atoms with van der Waals surface area (Å²) in [5.41, 5.74) is -0.827. The van der Waals surface area contributed by atoms with Gasteiger partial charge in [-0.25, -0.2) is 4.79 Å². The van der Waals surface area contributed by atoms with Crippen molar-refractivity contribution in [1.29, 1.82) is 0 Å². The van der Waals surface area contributed by atoms with E-state index in [1.807, 2.05) is 34.6 Å². The Morgan fingerprint density at radius 1 is 1.32 bits per heavy atom. The minimum absolute atomic E-state index is 0.234. The summed E-state index contributed by atoms with van der Waals surface area (Å²) in [5, 5.41) is 6.33. The highest BCUT2D eigenvalue weighted by atomic mass is 16.6. The fourth-order valence-electron chi connectivity index (χ4n) is 2.01. The number of amides is 1. The zero-order chi connectivity index (χ0) is 14.7. The van der Waals surface area contributed by atoms with Crippen LogP contribution in [0.2, 0.25) is 0 Å². The molecule has 0 spiro atoms. The van der Waals surface area contributed by atoms with Gasteiger partial charge in [0.05, 0.1) is 11.6 Å². The first-order valence-corrected chi connectivity index (χ1v) is 6.95. The van der Waals surface area contributed by atoms with Gasteiger partial charge in [0.1, 0.15) is 5.60 Å². The molecule has 5 nitrogen and oxygen atoms in total. The maximum atomic E-state index is 11.7. The van der Waals surface area contributed by atoms with E-state index >= 15 is 0 Å². The first-order chi connectivity index (χ1) is 8.59. The summed E-state index contributed by atoms with van der Waals surface area (Å²) in [6.07, 6.45) is 0.872. The van der Waals surface area contributed by atoms with Gasteiger partial charge in [-0.3, -0.25) is 0 Å². The molecule has 5 heteroatoms. The average Bonchev–Trinajstić information content (AvgIpc) is 2.57. The monoisotopic (exact) mass is 272 g/mol. The molecule has 0 aromatic heterocycles. The largest absolute Gasteiger partial charge is 0.444 e. The lowest BCUT2D eigenvalue weighted by Crippen LogP contribution is -2.54. The normalized spacial score (nSPS) is 24.3. The van der Waals surface area contributed by atoms with Gasteiger partial charge in [0.15, 0.2) is 0 Å². The Morgan fingerprint density at radius 3 is 2.42 bits per heavy atom. The highest BCUT2D eigenvalue weighted by Gasteiger charge is 2.28. The molecule has 2 atom stereocenters. The van der Waals surface area contributed by atoms with Crippen molar-refractivity contribution >= 4 is 6.09 Å². The number of carbonyl (C=O) groups is 1. The van der Waals surface area contributed by atoms with Crippen molar-refractivity contribution in [3.63, 3.8) is 0 Å². The third kappa shape index (κ3) is 6.25. The first kappa shape index (κ1) is 16.2. The van der Waals surface area contributed by atoms with Gasteiger partial charge in [0.25, 0.3) is 0 Å². The van der Waals surface area contributed by atoms with Crippen LogP contribution in [0.4, 0.5) is 4.79 Å². The highest BCUT2D eigenvalue weighted by Crippen LogP contribution is 2.14. The Labute approximate surface area is 116 Å². The lowest BCUT2D eigenvalue weighted by atomic mass is 10.0. The van der Waals surface area contributed by atoms with Crippen LogP contribution in [0.25, 0.3) is 0 Å². The van der Waals surface area contributed by atoms with Crippen molar-refractivity contribution in [2.45, 2.75) is 71.2 Å². The fraction of sp³-hybridized carbons (Fsp3) is 0.929. The van der Waals surface area contributed by atoms with Crippen LogP contribution in [0.1, 0.15) is 48.0 Å². The third-order valence-corrected chi connectivity index (χ3v) is 3.02. The van der Waals surface area contributed by atoms with Crippen LogP contribution >= 0.6 is 0 Å². The SMILES string of the molecule is CC1OCCC1NCC(C)(C)NC(=O)OC(C)(C)C. The maximum absolute atomic E-state index is 11.7. The van der Waals surface area contributed by atoms with Crippen LogP contribution in [0.15, 0.2) is 0 Å². The molecule has 1 heterocycles. The predicted octanol–water partition coefficient (Wildman–Crippen LogP) is 2.06. The Balaban J connectivity index is 2.36. The van der Waals surface area contributed by atoms with Gasteiger partial charge in [-0.1, -0.05) is 0 Å². The third-order valence-electron chi connectivity index (χ3n) is 3.02. The molecule has 0 bridgehead atoms. The number of carbonyl (C=O) groups excluding carboxylic acids is 1. The number of alkyl carbamates (subject to hydrolysis) is 1. The summed E-state index contributed by atoms with van der Waals surface area (Å²) < 4.78 is 10.8. The van der Waals surface area contributed by atoms with E-state index in [0.717, 1.165) is 13.0 Å². The zero-order valence-electron chi connectivity index (χ0n) is 13.0. The molecule has 1 rings (SSSR count). The second kappa shape index (κ2) is 6.09. The smallest absolute Gasteiger partial charge is 0.408 e. The van der Waals surface area contributed by atoms with Gasteiger partial charge in [-0.15, -0.1) is 0 Å². The van der Waals surface area contributed by atoms with Crippen LogP contribution in [0.3, 0.4) is 0 Å². The molecule has 1 saturated heterocycles. The van der Waals surface area contributed by atoms with Gasteiger partial charge in [0, 0.05) is 19.2 Å². The summed E-state index contributed by atoms with van der Waals surface area (Å²) >= 11 is 0. The number of hydrogen-bond donors (Lipinski definition) is 2. The van der Waals surface area contributed by atoms with Gasteiger partial charge < -0.3 is 20.1 Å². The maximum Gasteiger partial charge on any atom is 0.408 e. The number of hydrogen-bond acceptors (Lipinski definition) is 4. The summed E-state index contributed by atoms with van der Waals surface area (Å²) in [6, 6.07) is 0.361. The lowest BCUT2D eigenvalue weighted by molar-refractivity contribution is 0.0468. The van der Waals surface area contributed by atoms with Crippen LogP contribution in [0, 0.1) is 0 Å². The fourth-order valence-corrected chi connectivity index (χ4v) is 2.01. The molecular weight excluding hydrogens is 244 g/mol. The van der Waals surface area contributed by atoms with E-state index in [4.69, 9.17) is 9.47 Å². The quantitative estimate of drug-likeness (QED) is 0.822. The molecular formula is C14H28N2O3. The van der Waals surface area contributed by atoms with Crippen LogP contribution < -0.4 is 10.6 Å². The molecule has 1 fully saturated rings. The van der Waals surface area contributed by atoms with Gasteiger partial charge >= 0.3 is 6.09 Å². The van der Waals surface area contributed by atoms with Crippen LogP contribution in [-0.4, -0.2) is 42.5 Å². The molecule has 1 amide bonds. The van der Waals surface area contributed by atoms with Crippen molar-refractivity contribution in [2.75, 3.05) is 13.2 Å². The summed E-state index contributed by atoms with van der Waals surface area (Å²) in [6.45, 7) is 13.1. The molecule has 0 aromatic rings. The Bertz CT molecular complexity index is 310. The van der Waals surface area contributed by atoms with Crippen LogP contribution in [0.5, 0.6) is 0 Å². The predicted molar refractivity (Wildman–Crippen MR) is 75.3 cm³/mol. The molecule has 0 aliphatic carbocycles. The number of rotatable bonds is 4. The second-order valence-electron chi connectivity index (χ2n) is 6.86. The molecule has 0 aromatic carbocycles. The van der Waals surface area contributed by atoms with Gasteiger partial charge in [-0.2, -0.15) is 0 Å². The van der Waals surface area contributed by atoms with E-state index in [0.29, 0.717) is 12.6 Å². The van der Waals surface area contributed by atoms with Crippen molar-refractivity contribution < 1.29 is 14.3 Å². The van der Waals surface area contributed by atoms with Gasteiger partial charge in [0.2, 0.25) is 0 Å². The number of nitrogens with one attached hydrogen (secondary N) is 2. The Kier molecular flexibility index (Phi) is 5.21. The molecule has 0 radical (unpaired) electrons. The van der Waals surface area contributed by atoms with Gasteiger partial charge in [-0.05, 0) is 48.0 Å². The van der Waals surface area contributed by atoms with E-state index in [9.17, 15) is 4.79 Å². The molecule has 0 saturated carbocycles. The van der Waals surface area contributed by atoms with Crippen molar-refractivity contribution in [2.24, 2.45) is 0 Å². The van der Waals surface area contributed by atoms with E-state index in [1.165, 1.54) is 0 Å². The molecule has 1 aliphatic rings. The lowest BCUT2D eigenvalue weighted by Gasteiger charge is -2.30. The van der Waals surface area contributed by atoms with Crippen molar-refractivity contribution in [3.8, 4) is 0 Å². The second-order valence-corrected chi connectivity index (χ2v) is 6.86. The highest BCUT2D eigenvalue weighted by molar-refractivity contribution is 5.68.